The van der Waals surface area contributed by atoms with Gasteiger partial charge in [0.1, 0.15) is 28.6 Å². The maximum absolute atomic E-state index is 14.2. The summed E-state index contributed by atoms with van der Waals surface area (Å²) in [6.45, 7) is 1.28. The Labute approximate surface area is 288 Å². The van der Waals surface area contributed by atoms with E-state index in [0.717, 1.165) is 24.1 Å². The van der Waals surface area contributed by atoms with E-state index < -0.39 is 58.0 Å². The number of methoxy groups -OCH3 is 1. The number of carbonyl (C=O) groups excluding carboxylic acids is 3. The zero-order valence-electron chi connectivity index (χ0n) is 27.3. The number of aromatic hydroxyl groups is 1. The van der Waals surface area contributed by atoms with Crippen molar-refractivity contribution in [3.8, 4) is 22.6 Å². The molecule has 1 amide bonds. The third-order valence-electron chi connectivity index (χ3n) is 9.99. The SMILES string of the molecule is COc1ccc(CNCCc2ccc(Cl)cc2)cc1-c1ccc(O)c2c1CC1CC3[C@H](N(C)C)C(=O)C(C(N)=O)=C(O)[C@@]3(O)C(=O)C1=C2O. The Bertz CT molecular complexity index is 1940. The van der Waals surface area contributed by atoms with Crippen molar-refractivity contribution in [3.63, 3.8) is 0 Å². The highest BCUT2D eigenvalue weighted by Gasteiger charge is 2.64. The lowest BCUT2D eigenvalue weighted by molar-refractivity contribution is -0.153. The third-order valence-corrected chi connectivity index (χ3v) is 10.2. The molecule has 3 aromatic carbocycles. The minimum Gasteiger partial charge on any atom is -0.508 e. The number of fused-ring (bicyclic) bond motifs is 3. The number of primary amides is 1. The van der Waals surface area contributed by atoms with Gasteiger partial charge in [-0.2, -0.15) is 0 Å². The average molecular weight is 688 g/mol. The number of nitrogens with one attached hydrogen (secondary N) is 1. The molecule has 3 aliphatic rings. The first-order valence-electron chi connectivity index (χ1n) is 15.9. The van der Waals surface area contributed by atoms with Gasteiger partial charge in [0.2, 0.25) is 5.78 Å². The van der Waals surface area contributed by atoms with Gasteiger partial charge in [0.25, 0.3) is 5.91 Å². The number of phenolic OH excluding ortho intramolecular Hbond substituents is 1. The number of likely N-dealkylation sites (N-methyl/N-ethyl adjacent to an activating group) is 1. The van der Waals surface area contributed by atoms with E-state index >= 15 is 0 Å². The maximum Gasteiger partial charge on any atom is 0.255 e. The van der Waals surface area contributed by atoms with Crippen LogP contribution in [0.5, 0.6) is 11.5 Å². The Balaban J connectivity index is 1.39. The predicted octanol–water partition coefficient (Wildman–Crippen LogP) is 3.63. The number of ketones is 2. The van der Waals surface area contributed by atoms with Gasteiger partial charge in [-0.1, -0.05) is 35.9 Å². The summed E-state index contributed by atoms with van der Waals surface area (Å²) in [4.78, 5) is 41.3. The quantitative estimate of drug-likeness (QED) is 0.144. The van der Waals surface area contributed by atoms with Crippen LogP contribution in [-0.4, -0.2) is 82.2 Å². The molecular formula is C37H38ClN3O8. The molecule has 0 bridgehead atoms. The van der Waals surface area contributed by atoms with E-state index in [4.69, 9.17) is 22.1 Å². The van der Waals surface area contributed by atoms with Gasteiger partial charge in [-0.25, -0.2) is 0 Å². The number of Topliss-reactive ketones (excluding diaryl/α,β-unsaturated/α-hetero) is 2. The lowest BCUT2D eigenvalue weighted by atomic mass is 9.57. The van der Waals surface area contributed by atoms with Crippen molar-refractivity contribution in [1.82, 2.24) is 10.2 Å². The van der Waals surface area contributed by atoms with Crippen LogP contribution in [0, 0.1) is 11.8 Å². The van der Waals surface area contributed by atoms with E-state index in [1.54, 1.807) is 27.3 Å². The van der Waals surface area contributed by atoms with Crippen molar-refractivity contribution in [2.75, 3.05) is 27.7 Å². The van der Waals surface area contributed by atoms with E-state index in [9.17, 15) is 34.8 Å². The van der Waals surface area contributed by atoms with Gasteiger partial charge in [-0.3, -0.25) is 19.3 Å². The molecule has 12 heteroatoms. The largest absolute Gasteiger partial charge is 0.508 e. The van der Waals surface area contributed by atoms with Crippen molar-refractivity contribution in [2.24, 2.45) is 17.6 Å². The molecule has 256 valence electrons. The van der Waals surface area contributed by atoms with Crippen molar-refractivity contribution in [2.45, 2.75) is 37.5 Å². The fourth-order valence-electron chi connectivity index (χ4n) is 7.69. The van der Waals surface area contributed by atoms with Gasteiger partial charge >= 0.3 is 0 Å². The molecule has 2 unspecified atom stereocenters. The van der Waals surface area contributed by atoms with E-state index in [-0.39, 0.29) is 29.7 Å². The first-order chi connectivity index (χ1) is 23.3. The summed E-state index contributed by atoms with van der Waals surface area (Å²) in [6.07, 6.45) is 0.966. The topological polar surface area (TPSA) is 183 Å². The first-order valence-corrected chi connectivity index (χ1v) is 16.3. The van der Waals surface area contributed by atoms with E-state index in [1.165, 1.54) is 11.0 Å². The van der Waals surface area contributed by atoms with Crippen LogP contribution in [-0.2, 0) is 33.8 Å². The third kappa shape index (κ3) is 5.66. The zero-order chi connectivity index (χ0) is 35.4. The number of nitrogens with zero attached hydrogens (tertiary/aromatic N) is 1. The van der Waals surface area contributed by atoms with E-state index in [2.05, 4.69) is 5.32 Å². The van der Waals surface area contributed by atoms with Crippen LogP contribution in [0.3, 0.4) is 0 Å². The van der Waals surface area contributed by atoms with Crippen molar-refractivity contribution >= 4 is 34.8 Å². The van der Waals surface area contributed by atoms with Crippen LogP contribution in [0.25, 0.3) is 16.9 Å². The first kappa shape index (κ1) is 34.2. The molecule has 0 spiro atoms. The Morgan fingerprint density at radius 2 is 1.73 bits per heavy atom. The predicted molar refractivity (Wildman–Crippen MR) is 183 cm³/mol. The molecule has 11 nitrogen and oxygen atoms in total. The molecular weight excluding hydrogens is 650 g/mol. The number of carbonyl (C=O) groups is 3. The highest BCUT2D eigenvalue weighted by Crippen LogP contribution is 2.54. The van der Waals surface area contributed by atoms with Crippen LogP contribution in [0.4, 0.5) is 0 Å². The van der Waals surface area contributed by atoms with E-state index in [0.29, 0.717) is 34.0 Å². The van der Waals surface area contributed by atoms with Crippen molar-refractivity contribution < 1.29 is 39.5 Å². The molecule has 0 heterocycles. The van der Waals surface area contributed by atoms with Crippen LogP contribution < -0.4 is 15.8 Å². The number of rotatable bonds is 9. The van der Waals surface area contributed by atoms with Crippen molar-refractivity contribution in [1.29, 1.82) is 0 Å². The second kappa shape index (κ2) is 13.0. The zero-order valence-corrected chi connectivity index (χ0v) is 28.0. The molecule has 4 atom stereocenters. The number of phenols is 1. The number of halogens is 1. The molecule has 0 saturated heterocycles. The van der Waals surface area contributed by atoms with Gasteiger partial charge in [-0.05, 0) is 98.4 Å². The molecule has 1 fully saturated rings. The lowest BCUT2D eigenvalue weighted by Gasteiger charge is -2.50. The second-order valence-corrected chi connectivity index (χ2v) is 13.5. The number of benzene rings is 3. The Morgan fingerprint density at radius 3 is 2.39 bits per heavy atom. The number of hydrogen-bond acceptors (Lipinski definition) is 10. The number of ether oxygens (including phenoxy) is 1. The molecule has 3 aromatic rings. The molecule has 49 heavy (non-hydrogen) atoms. The van der Waals surface area contributed by atoms with E-state index in [1.807, 2.05) is 42.5 Å². The number of amides is 1. The smallest absolute Gasteiger partial charge is 0.255 e. The standard InChI is InChI=1S/C37H38ClN3O8/c1-41(2)31-25-16-20-15-24-22(23-14-19(6-11-27(23)49-3)17-40-13-12-18-4-7-21(38)8-5-18)9-10-26(42)29(24)32(43)28(20)34(45)37(25,48)35(46)30(33(31)44)36(39)47/h4-11,14,20,25,31,40,42-43,46,48H,12-13,15-17H2,1-3H3,(H2,39,47)/t20?,25?,31-,37-/m0/s1. The average Bonchev–Trinajstić information content (AvgIpc) is 3.05. The molecule has 0 aromatic heterocycles. The van der Waals surface area contributed by atoms with Gasteiger partial charge in [0.05, 0.1) is 18.7 Å². The summed E-state index contributed by atoms with van der Waals surface area (Å²) in [6, 6.07) is 15.4. The molecule has 7 N–H and O–H groups in total. The summed E-state index contributed by atoms with van der Waals surface area (Å²) in [5, 5.41) is 49.8. The Hall–Kier alpha value is -4.68. The highest BCUT2D eigenvalue weighted by atomic mass is 35.5. The number of aliphatic hydroxyl groups excluding tert-OH is 2. The van der Waals surface area contributed by atoms with Crippen LogP contribution in [0.15, 0.2) is 71.5 Å². The lowest BCUT2D eigenvalue weighted by Crippen LogP contribution is -2.65. The Morgan fingerprint density at radius 1 is 1.04 bits per heavy atom. The number of aliphatic hydroxyl groups is 3. The van der Waals surface area contributed by atoms with Crippen LogP contribution in [0.2, 0.25) is 5.02 Å². The monoisotopic (exact) mass is 687 g/mol. The van der Waals surface area contributed by atoms with Crippen LogP contribution in [0.1, 0.15) is 28.7 Å². The molecule has 0 aliphatic heterocycles. The number of nitrogens with two attached hydrogens (primary N) is 1. The molecule has 3 aliphatic carbocycles. The second-order valence-electron chi connectivity index (χ2n) is 13.0. The molecule has 6 rings (SSSR count). The summed E-state index contributed by atoms with van der Waals surface area (Å²) >= 11 is 6.00. The van der Waals surface area contributed by atoms with Gasteiger partial charge in [0, 0.05) is 28.6 Å². The van der Waals surface area contributed by atoms with Crippen molar-refractivity contribution in [3.05, 3.63) is 98.8 Å². The van der Waals surface area contributed by atoms with Gasteiger partial charge in [-0.15, -0.1) is 0 Å². The highest BCUT2D eigenvalue weighted by molar-refractivity contribution is 6.30. The molecule has 1 saturated carbocycles. The minimum absolute atomic E-state index is 0.00439. The summed E-state index contributed by atoms with van der Waals surface area (Å²) < 4.78 is 5.73. The fraction of sp³-hybridized carbons (Fsp3) is 0.324. The minimum atomic E-state index is -2.70. The maximum atomic E-state index is 14.2. The fourth-order valence-corrected chi connectivity index (χ4v) is 7.81. The normalized spacial score (nSPS) is 23.3. The summed E-state index contributed by atoms with van der Waals surface area (Å²) in [5.74, 6) is -6.39. The van der Waals surface area contributed by atoms with Gasteiger partial charge in [0.15, 0.2) is 11.4 Å². The van der Waals surface area contributed by atoms with Crippen LogP contribution >= 0.6 is 11.6 Å². The Kier molecular flexibility index (Phi) is 9.06. The summed E-state index contributed by atoms with van der Waals surface area (Å²) in [5.41, 5.74) is 5.72. The summed E-state index contributed by atoms with van der Waals surface area (Å²) in [7, 11) is 4.68. The number of hydrogen-bond donors (Lipinski definition) is 6. The molecule has 0 radical (unpaired) electrons. The van der Waals surface area contributed by atoms with Gasteiger partial charge < -0.3 is 36.2 Å².